The number of nitrogens with zero attached hydrogens (tertiary/aromatic N) is 2. The van der Waals surface area contributed by atoms with Crippen LogP contribution < -0.4 is 10.9 Å². The van der Waals surface area contributed by atoms with Crippen molar-refractivity contribution < 1.29 is 0 Å². The number of aryl methyl sites for hydroxylation is 1. The molecule has 1 aliphatic rings. The van der Waals surface area contributed by atoms with Crippen molar-refractivity contribution in [1.29, 1.82) is 0 Å². The molecular weight excluding hydrogens is 226 g/mol. The number of rotatable bonds is 3. The summed E-state index contributed by atoms with van der Waals surface area (Å²) in [5.41, 5.74) is 1.07. The zero-order chi connectivity index (χ0) is 13.1. The van der Waals surface area contributed by atoms with E-state index in [0.29, 0.717) is 6.04 Å². The van der Waals surface area contributed by atoms with Crippen LogP contribution in [0.1, 0.15) is 19.8 Å². The van der Waals surface area contributed by atoms with E-state index in [0.717, 1.165) is 11.6 Å². The average molecular weight is 249 g/mol. The van der Waals surface area contributed by atoms with E-state index in [4.69, 9.17) is 0 Å². The fourth-order valence-corrected chi connectivity index (χ4v) is 2.59. The Morgan fingerprint density at radius 3 is 2.56 bits per heavy atom. The first-order chi connectivity index (χ1) is 8.56. The number of aromatic nitrogens is 1. The van der Waals surface area contributed by atoms with Crippen LogP contribution in [0.2, 0.25) is 0 Å². The van der Waals surface area contributed by atoms with E-state index >= 15 is 0 Å². The second kappa shape index (κ2) is 5.57. The molecule has 4 nitrogen and oxygen atoms in total. The first kappa shape index (κ1) is 13.1. The summed E-state index contributed by atoms with van der Waals surface area (Å²) >= 11 is 0. The fraction of sp³-hybridized carbons (Fsp3) is 0.643. The Labute approximate surface area is 109 Å². The van der Waals surface area contributed by atoms with Gasteiger partial charge in [-0.2, -0.15) is 0 Å². The first-order valence-corrected chi connectivity index (χ1v) is 6.68. The lowest BCUT2D eigenvalue weighted by Gasteiger charge is -2.33. The Kier molecular flexibility index (Phi) is 4.07. The van der Waals surface area contributed by atoms with Crippen LogP contribution in [-0.2, 0) is 7.05 Å². The van der Waals surface area contributed by atoms with Crippen molar-refractivity contribution in [2.75, 3.05) is 25.5 Å². The first-order valence-electron chi connectivity index (χ1n) is 6.68. The Morgan fingerprint density at radius 2 is 1.94 bits per heavy atom. The molecule has 0 aliphatic carbocycles. The zero-order valence-electron chi connectivity index (χ0n) is 11.5. The third-order valence-corrected chi connectivity index (χ3v) is 3.95. The van der Waals surface area contributed by atoms with Crippen molar-refractivity contribution in [2.24, 2.45) is 13.0 Å². The highest BCUT2D eigenvalue weighted by molar-refractivity contribution is 5.41. The molecule has 18 heavy (non-hydrogen) atoms. The highest BCUT2D eigenvalue weighted by Crippen LogP contribution is 2.22. The molecule has 1 N–H and O–H groups in total. The molecule has 1 unspecified atom stereocenters. The predicted octanol–water partition coefficient (Wildman–Crippen LogP) is 1.53. The van der Waals surface area contributed by atoms with E-state index in [1.807, 2.05) is 12.3 Å². The maximum absolute atomic E-state index is 11.3. The summed E-state index contributed by atoms with van der Waals surface area (Å²) < 4.78 is 1.61. The molecule has 0 amide bonds. The van der Waals surface area contributed by atoms with Gasteiger partial charge >= 0.3 is 0 Å². The lowest BCUT2D eigenvalue weighted by molar-refractivity contribution is 0.208. The van der Waals surface area contributed by atoms with Gasteiger partial charge in [-0.05, 0) is 51.9 Å². The standard InChI is InChI=1S/C14H23N3O/c1-11(12-6-8-16(2)9-7-12)15-13-4-5-14(18)17(3)10-13/h4-5,10-12,15H,6-9H2,1-3H3. The van der Waals surface area contributed by atoms with Gasteiger partial charge < -0.3 is 14.8 Å². The molecule has 0 spiro atoms. The third-order valence-electron chi connectivity index (χ3n) is 3.95. The van der Waals surface area contributed by atoms with Gasteiger partial charge in [0.25, 0.3) is 0 Å². The van der Waals surface area contributed by atoms with Gasteiger partial charge in [0.1, 0.15) is 0 Å². The summed E-state index contributed by atoms with van der Waals surface area (Å²) in [7, 11) is 3.97. The zero-order valence-corrected chi connectivity index (χ0v) is 11.5. The minimum Gasteiger partial charge on any atom is -0.381 e. The van der Waals surface area contributed by atoms with Crippen LogP contribution in [0.4, 0.5) is 5.69 Å². The van der Waals surface area contributed by atoms with Crippen LogP contribution in [0, 0.1) is 5.92 Å². The predicted molar refractivity (Wildman–Crippen MR) is 75.0 cm³/mol. The van der Waals surface area contributed by atoms with Crippen LogP contribution in [0.15, 0.2) is 23.1 Å². The molecule has 0 saturated carbocycles. The van der Waals surface area contributed by atoms with Crippen molar-refractivity contribution in [3.05, 3.63) is 28.7 Å². The highest BCUT2D eigenvalue weighted by Gasteiger charge is 2.22. The molecule has 4 heteroatoms. The smallest absolute Gasteiger partial charge is 0.250 e. The minimum atomic E-state index is 0.0347. The van der Waals surface area contributed by atoms with Gasteiger partial charge in [-0.1, -0.05) is 0 Å². The normalized spacial score (nSPS) is 19.7. The van der Waals surface area contributed by atoms with Crippen molar-refractivity contribution in [2.45, 2.75) is 25.8 Å². The molecule has 2 rings (SSSR count). The number of likely N-dealkylation sites (tertiary alicyclic amines) is 1. The minimum absolute atomic E-state index is 0.0347. The second-order valence-corrected chi connectivity index (χ2v) is 5.44. The lowest BCUT2D eigenvalue weighted by atomic mass is 9.90. The van der Waals surface area contributed by atoms with Crippen LogP contribution in [0.5, 0.6) is 0 Å². The molecule has 1 aromatic rings. The summed E-state index contributed by atoms with van der Waals surface area (Å²) in [4.78, 5) is 13.7. The molecule has 1 saturated heterocycles. The maximum Gasteiger partial charge on any atom is 0.250 e. The van der Waals surface area contributed by atoms with E-state index in [1.165, 1.54) is 25.9 Å². The Bertz CT molecular complexity index is 447. The summed E-state index contributed by atoms with van der Waals surface area (Å²) in [6.45, 7) is 4.61. The van der Waals surface area contributed by atoms with E-state index in [1.54, 1.807) is 17.7 Å². The van der Waals surface area contributed by atoms with E-state index < -0.39 is 0 Å². The SMILES string of the molecule is CC(Nc1ccc(=O)n(C)c1)C1CCN(C)CC1. The van der Waals surface area contributed by atoms with Crippen molar-refractivity contribution in [3.8, 4) is 0 Å². The number of hydrogen-bond donors (Lipinski definition) is 1. The van der Waals surface area contributed by atoms with E-state index in [9.17, 15) is 4.79 Å². The summed E-state index contributed by atoms with van der Waals surface area (Å²) in [6, 6.07) is 3.94. The lowest BCUT2D eigenvalue weighted by Crippen LogP contribution is -2.37. The van der Waals surface area contributed by atoms with Crippen molar-refractivity contribution in [1.82, 2.24) is 9.47 Å². The summed E-state index contributed by atoms with van der Waals surface area (Å²) in [6.07, 6.45) is 4.36. The number of anilines is 1. The summed E-state index contributed by atoms with van der Waals surface area (Å²) in [5, 5.41) is 3.52. The average Bonchev–Trinajstić information content (AvgIpc) is 2.34. The van der Waals surface area contributed by atoms with Gasteiger partial charge in [0, 0.05) is 25.4 Å². The second-order valence-electron chi connectivity index (χ2n) is 5.44. The molecule has 2 heterocycles. The molecule has 0 radical (unpaired) electrons. The molecular formula is C14H23N3O. The van der Waals surface area contributed by atoms with E-state index in [-0.39, 0.29) is 5.56 Å². The van der Waals surface area contributed by atoms with Crippen LogP contribution in [-0.4, -0.2) is 35.6 Å². The molecule has 1 aromatic heterocycles. The molecule has 100 valence electrons. The molecule has 1 aliphatic heterocycles. The Morgan fingerprint density at radius 1 is 1.28 bits per heavy atom. The van der Waals surface area contributed by atoms with Gasteiger partial charge in [0.2, 0.25) is 5.56 Å². The van der Waals surface area contributed by atoms with Crippen molar-refractivity contribution >= 4 is 5.69 Å². The topological polar surface area (TPSA) is 37.3 Å². The molecule has 0 aromatic carbocycles. The Balaban J connectivity index is 1.96. The van der Waals surface area contributed by atoms with Gasteiger partial charge in [-0.15, -0.1) is 0 Å². The number of hydrogen-bond acceptors (Lipinski definition) is 3. The maximum atomic E-state index is 11.3. The Hall–Kier alpha value is -1.29. The highest BCUT2D eigenvalue weighted by atomic mass is 16.1. The number of nitrogens with one attached hydrogen (secondary N) is 1. The molecule has 0 bridgehead atoms. The monoisotopic (exact) mass is 249 g/mol. The van der Waals surface area contributed by atoms with Gasteiger partial charge in [-0.25, -0.2) is 0 Å². The molecule has 1 atom stereocenters. The van der Waals surface area contributed by atoms with Gasteiger partial charge in [0.15, 0.2) is 0 Å². The van der Waals surface area contributed by atoms with Crippen LogP contribution >= 0.6 is 0 Å². The number of pyridine rings is 1. The van der Waals surface area contributed by atoms with E-state index in [2.05, 4.69) is 24.2 Å². The van der Waals surface area contributed by atoms with Crippen LogP contribution in [0.3, 0.4) is 0 Å². The number of piperidine rings is 1. The molecule has 1 fully saturated rings. The fourth-order valence-electron chi connectivity index (χ4n) is 2.59. The quantitative estimate of drug-likeness (QED) is 0.882. The summed E-state index contributed by atoms with van der Waals surface area (Å²) in [5.74, 6) is 0.721. The van der Waals surface area contributed by atoms with Crippen molar-refractivity contribution in [3.63, 3.8) is 0 Å². The largest absolute Gasteiger partial charge is 0.381 e. The van der Waals surface area contributed by atoms with Gasteiger partial charge in [-0.3, -0.25) is 4.79 Å². The van der Waals surface area contributed by atoms with Gasteiger partial charge in [0.05, 0.1) is 5.69 Å². The van der Waals surface area contributed by atoms with Crippen LogP contribution in [0.25, 0.3) is 0 Å². The third kappa shape index (κ3) is 3.13.